The Hall–Kier alpha value is -3.67. The average molecular weight is 376 g/mol. The molecule has 2 aromatic carbocycles. The van der Waals surface area contributed by atoms with Crippen LogP contribution in [0.25, 0.3) is 0 Å². The zero-order valence-electron chi connectivity index (χ0n) is 15.4. The van der Waals surface area contributed by atoms with Crippen molar-refractivity contribution in [3.63, 3.8) is 0 Å². The molecule has 3 aromatic rings. The Kier molecular flexibility index (Phi) is 6.36. The van der Waals surface area contributed by atoms with E-state index in [1.54, 1.807) is 11.0 Å². The molecule has 0 saturated carbocycles. The van der Waals surface area contributed by atoms with Crippen LogP contribution in [0.4, 0.5) is 5.69 Å². The predicted octanol–water partition coefficient (Wildman–Crippen LogP) is 3.48. The first-order valence-electron chi connectivity index (χ1n) is 8.74. The Morgan fingerprint density at radius 2 is 1.61 bits per heavy atom. The lowest BCUT2D eigenvalue weighted by molar-refractivity contribution is -0.121. The number of carbonyl (C=O) groups excluding carboxylic acids is 2. The molecule has 3 rings (SSSR count). The molecule has 0 atom stereocenters. The summed E-state index contributed by atoms with van der Waals surface area (Å²) in [5, 5.41) is 0. The van der Waals surface area contributed by atoms with E-state index >= 15 is 0 Å². The second-order valence-electron chi connectivity index (χ2n) is 5.94. The van der Waals surface area contributed by atoms with Gasteiger partial charge in [-0.1, -0.05) is 48.5 Å². The smallest absolute Gasteiger partial charge is 0.344 e. The summed E-state index contributed by atoms with van der Waals surface area (Å²) < 4.78 is 10.3. The highest BCUT2D eigenvalue weighted by Crippen LogP contribution is 2.18. The second-order valence-corrected chi connectivity index (χ2v) is 5.94. The zero-order chi connectivity index (χ0) is 19.8. The van der Waals surface area contributed by atoms with Crippen molar-refractivity contribution in [2.24, 2.45) is 0 Å². The number of methoxy groups -OCH3 is 1. The van der Waals surface area contributed by atoms with Crippen molar-refractivity contribution in [3.8, 4) is 5.88 Å². The van der Waals surface area contributed by atoms with Crippen molar-refractivity contribution < 1.29 is 19.1 Å². The van der Waals surface area contributed by atoms with Crippen molar-refractivity contribution in [3.05, 3.63) is 90.1 Å². The van der Waals surface area contributed by atoms with Crippen LogP contribution in [0, 0.1) is 0 Å². The summed E-state index contributed by atoms with van der Waals surface area (Å²) >= 11 is 0. The number of nitrogens with zero attached hydrogens (tertiary/aromatic N) is 2. The number of amides is 1. The highest BCUT2D eigenvalue weighted by molar-refractivity contribution is 5.97. The molecule has 0 N–H and O–H groups in total. The average Bonchev–Trinajstić information content (AvgIpc) is 2.76. The molecule has 1 amide bonds. The number of anilines is 1. The minimum absolute atomic E-state index is 0.157. The van der Waals surface area contributed by atoms with Crippen LogP contribution in [-0.2, 0) is 16.1 Å². The molecule has 0 aliphatic carbocycles. The predicted molar refractivity (Wildman–Crippen MR) is 105 cm³/mol. The van der Waals surface area contributed by atoms with Gasteiger partial charge in [0.1, 0.15) is 5.56 Å². The summed E-state index contributed by atoms with van der Waals surface area (Å²) in [6.07, 6.45) is 1.51. The van der Waals surface area contributed by atoms with Crippen LogP contribution >= 0.6 is 0 Å². The Morgan fingerprint density at radius 1 is 0.929 bits per heavy atom. The quantitative estimate of drug-likeness (QED) is 0.591. The fourth-order valence-electron chi connectivity index (χ4n) is 2.69. The van der Waals surface area contributed by atoms with Crippen molar-refractivity contribution in [1.82, 2.24) is 4.98 Å². The van der Waals surface area contributed by atoms with Gasteiger partial charge in [0, 0.05) is 11.9 Å². The van der Waals surface area contributed by atoms with E-state index in [1.165, 1.54) is 19.4 Å². The third kappa shape index (κ3) is 4.73. The number of hydrogen-bond acceptors (Lipinski definition) is 5. The number of esters is 1. The normalized spacial score (nSPS) is 10.2. The van der Waals surface area contributed by atoms with Crippen LogP contribution in [-0.4, -0.2) is 30.6 Å². The molecule has 0 saturated heterocycles. The zero-order valence-corrected chi connectivity index (χ0v) is 15.4. The van der Waals surface area contributed by atoms with Crippen molar-refractivity contribution in [2.45, 2.75) is 6.54 Å². The van der Waals surface area contributed by atoms with Gasteiger partial charge in [-0.3, -0.25) is 4.79 Å². The maximum absolute atomic E-state index is 12.8. The maximum atomic E-state index is 12.8. The van der Waals surface area contributed by atoms with Crippen molar-refractivity contribution in [2.75, 3.05) is 18.6 Å². The highest BCUT2D eigenvalue weighted by Gasteiger charge is 2.20. The van der Waals surface area contributed by atoms with E-state index in [1.807, 2.05) is 60.7 Å². The fourth-order valence-corrected chi connectivity index (χ4v) is 2.69. The molecule has 0 radical (unpaired) electrons. The molecule has 6 heteroatoms. The Bertz CT molecular complexity index is 930. The first kappa shape index (κ1) is 19.1. The molecule has 0 unspecified atom stereocenters. The Morgan fingerprint density at radius 3 is 2.29 bits per heavy atom. The number of para-hydroxylation sites is 1. The monoisotopic (exact) mass is 376 g/mol. The van der Waals surface area contributed by atoms with Crippen molar-refractivity contribution in [1.29, 1.82) is 0 Å². The van der Waals surface area contributed by atoms with E-state index in [0.717, 1.165) is 11.3 Å². The first-order chi connectivity index (χ1) is 13.7. The number of rotatable bonds is 7. The standard InChI is InChI=1S/C22H20N2O4/c1-27-21-19(13-8-14-23-21)22(26)28-16-20(25)24(18-11-6-3-7-12-18)15-17-9-4-2-5-10-17/h2-14H,15-16H2,1H3. The summed E-state index contributed by atoms with van der Waals surface area (Å²) in [6.45, 7) is -0.0178. The van der Waals surface area contributed by atoms with Gasteiger partial charge >= 0.3 is 5.97 Å². The minimum atomic E-state index is -0.661. The largest absolute Gasteiger partial charge is 0.480 e. The summed E-state index contributed by atoms with van der Waals surface area (Å²) in [5.74, 6) is -0.832. The van der Waals surface area contributed by atoms with Crippen LogP contribution in [0.5, 0.6) is 5.88 Å². The van der Waals surface area contributed by atoms with E-state index in [4.69, 9.17) is 9.47 Å². The van der Waals surface area contributed by atoms with Crippen LogP contribution in [0.2, 0.25) is 0 Å². The van der Waals surface area contributed by atoms with Gasteiger partial charge in [0.05, 0.1) is 13.7 Å². The van der Waals surface area contributed by atoms with Gasteiger partial charge in [0.15, 0.2) is 6.61 Å². The van der Waals surface area contributed by atoms with Gasteiger partial charge in [-0.25, -0.2) is 9.78 Å². The Balaban J connectivity index is 1.73. The molecule has 6 nitrogen and oxygen atoms in total. The number of aromatic nitrogens is 1. The molecule has 0 bridgehead atoms. The van der Waals surface area contributed by atoms with E-state index in [2.05, 4.69) is 4.98 Å². The van der Waals surface area contributed by atoms with Gasteiger partial charge in [-0.15, -0.1) is 0 Å². The molecule has 0 aliphatic heterocycles. The van der Waals surface area contributed by atoms with Gasteiger partial charge in [0.25, 0.3) is 5.91 Å². The topological polar surface area (TPSA) is 68.7 Å². The Labute approximate surface area is 163 Å². The molecule has 1 aromatic heterocycles. The highest BCUT2D eigenvalue weighted by atomic mass is 16.5. The van der Waals surface area contributed by atoms with Crippen LogP contribution in [0.3, 0.4) is 0 Å². The lowest BCUT2D eigenvalue weighted by atomic mass is 10.2. The van der Waals surface area contributed by atoms with Gasteiger partial charge in [-0.2, -0.15) is 0 Å². The van der Waals surface area contributed by atoms with E-state index in [0.29, 0.717) is 6.54 Å². The number of hydrogen-bond donors (Lipinski definition) is 0. The van der Waals surface area contributed by atoms with Crippen LogP contribution < -0.4 is 9.64 Å². The van der Waals surface area contributed by atoms with Gasteiger partial charge < -0.3 is 14.4 Å². The maximum Gasteiger partial charge on any atom is 0.344 e. The van der Waals surface area contributed by atoms with E-state index in [-0.39, 0.29) is 17.4 Å². The molecule has 0 fully saturated rings. The summed E-state index contributed by atoms with van der Waals surface area (Å²) in [6, 6.07) is 22.0. The summed E-state index contributed by atoms with van der Waals surface area (Å²) in [7, 11) is 1.42. The SMILES string of the molecule is COc1ncccc1C(=O)OCC(=O)N(Cc1ccccc1)c1ccccc1. The number of benzene rings is 2. The van der Waals surface area contributed by atoms with Crippen molar-refractivity contribution >= 4 is 17.6 Å². The molecule has 0 aliphatic rings. The van der Waals surface area contributed by atoms with Gasteiger partial charge in [0.2, 0.25) is 5.88 Å². The van der Waals surface area contributed by atoms with Crippen LogP contribution in [0.1, 0.15) is 15.9 Å². The molecular weight excluding hydrogens is 356 g/mol. The lowest BCUT2D eigenvalue weighted by Crippen LogP contribution is -2.34. The molecule has 0 spiro atoms. The minimum Gasteiger partial charge on any atom is -0.480 e. The lowest BCUT2D eigenvalue weighted by Gasteiger charge is -2.23. The summed E-state index contributed by atoms with van der Waals surface area (Å²) in [4.78, 5) is 30.7. The third-order valence-electron chi connectivity index (χ3n) is 4.06. The van der Waals surface area contributed by atoms with E-state index < -0.39 is 12.6 Å². The molecular formula is C22H20N2O4. The van der Waals surface area contributed by atoms with Crippen LogP contribution in [0.15, 0.2) is 79.0 Å². The number of carbonyl (C=O) groups is 2. The van der Waals surface area contributed by atoms with E-state index in [9.17, 15) is 9.59 Å². The third-order valence-corrected chi connectivity index (χ3v) is 4.06. The summed E-state index contributed by atoms with van der Waals surface area (Å²) in [5.41, 5.74) is 1.87. The fraction of sp³-hybridized carbons (Fsp3) is 0.136. The van der Waals surface area contributed by atoms with Gasteiger partial charge in [-0.05, 0) is 29.8 Å². The molecule has 28 heavy (non-hydrogen) atoms. The molecule has 142 valence electrons. The number of pyridine rings is 1. The second kappa shape index (κ2) is 9.32. The molecule has 1 heterocycles. The first-order valence-corrected chi connectivity index (χ1v) is 8.74. The number of ether oxygens (including phenoxy) is 2.